The van der Waals surface area contributed by atoms with Crippen molar-refractivity contribution in [3.8, 4) is 0 Å². The van der Waals surface area contributed by atoms with Crippen molar-refractivity contribution in [3.63, 3.8) is 0 Å². The van der Waals surface area contributed by atoms with Crippen LogP contribution < -0.4 is 0 Å². The molecule has 4 heteroatoms. The first-order valence-electron chi connectivity index (χ1n) is 9.69. The second kappa shape index (κ2) is 7.43. The molecule has 0 N–H and O–H groups in total. The number of carbonyl (C=O) groups is 1. The first-order valence-corrected chi connectivity index (χ1v) is 10.5. The maximum atomic E-state index is 12.8. The van der Waals surface area contributed by atoms with Crippen LogP contribution in [0, 0.1) is 20.8 Å². The van der Waals surface area contributed by atoms with Crippen LogP contribution in [0.25, 0.3) is 10.9 Å². The fourth-order valence-corrected chi connectivity index (χ4v) is 5.01. The molecule has 0 radical (unpaired) electrons. The minimum atomic E-state index is 0.169. The average molecular weight is 379 g/mol. The summed E-state index contributed by atoms with van der Waals surface area (Å²) in [5.41, 5.74) is 5.85. The Kier molecular flexibility index (Phi) is 5.00. The van der Waals surface area contributed by atoms with Crippen LogP contribution in [0.3, 0.4) is 0 Å². The summed E-state index contributed by atoms with van der Waals surface area (Å²) >= 11 is 1.75. The smallest absolute Gasteiger partial charge is 0.253 e. The summed E-state index contributed by atoms with van der Waals surface area (Å²) in [4.78, 5) is 16.1. The topological polar surface area (TPSA) is 25.2 Å². The molecule has 1 aliphatic rings. The van der Waals surface area contributed by atoms with E-state index in [1.807, 2.05) is 17.0 Å². The van der Waals surface area contributed by atoms with Gasteiger partial charge < -0.3 is 4.90 Å². The van der Waals surface area contributed by atoms with Crippen molar-refractivity contribution in [1.82, 2.24) is 8.87 Å². The molecule has 27 heavy (non-hydrogen) atoms. The number of hydrogen-bond acceptors (Lipinski definition) is 2. The summed E-state index contributed by atoms with van der Waals surface area (Å²) in [5.74, 6) is 0.169. The number of likely N-dealkylation sites (tertiary alicyclic amines) is 1. The number of benzene rings is 2. The molecule has 1 fully saturated rings. The molecule has 1 aliphatic heterocycles. The van der Waals surface area contributed by atoms with E-state index in [9.17, 15) is 4.79 Å². The minimum absolute atomic E-state index is 0.169. The minimum Gasteiger partial charge on any atom is -0.339 e. The largest absolute Gasteiger partial charge is 0.339 e. The first-order chi connectivity index (χ1) is 13.0. The zero-order chi connectivity index (χ0) is 19.0. The SMILES string of the molecule is Cc1cc(C)c(Sn2ccc3cc(C(=O)N4CCCCC4)ccc32)c(C)c1. The van der Waals surface area contributed by atoms with Gasteiger partial charge in [-0.05, 0) is 87.4 Å². The maximum Gasteiger partial charge on any atom is 0.253 e. The molecule has 0 atom stereocenters. The number of rotatable bonds is 3. The van der Waals surface area contributed by atoms with Gasteiger partial charge >= 0.3 is 0 Å². The number of piperidine rings is 1. The van der Waals surface area contributed by atoms with Gasteiger partial charge in [0, 0.05) is 35.1 Å². The third-order valence-electron chi connectivity index (χ3n) is 5.34. The molecule has 0 bridgehead atoms. The molecule has 1 saturated heterocycles. The zero-order valence-electron chi connectivity index (χ0n) is 16.3. The Hall–Kier alpha value is -2.20. The van der Waals surface area contributed by atoms with E-state index in [0.717, 1.165) is 42.4 Å². The molecule has 3 aromatic rings. The lowest BCUT2D eigenvalue weighted by Gasteiger charge is -2.26. The molecular formula is C23H26N2OS. The standard InChI is InChI=1S/C23H26N2OS/c1-16-13-17(2)22(18(3)14-16)27-25-12-9-19-15-20(7-8-21(19)25)23(26)24-10-5-4-6-11-24/h7-9,12-15H,4-6,10-11H2,1-3H3. The van der Waals surface area contributed by atoms with Crippen molar-refractivity contribution < 1.29 is 4.79 Å². The monoisotopic (exact) mass is 378 g/mol. The van der Waals surface area contributed by atoms with E-state index >= 15 is 0 Å². The fourth-order valence-electron chi connectivity index (χ4n) is 4.02. The summed E-state index contributed by atoms with van der Waals surface area (Å²) in [7, 11) is 0. The molecule has 0 spiro atoms. The summed E-state index contributed by atoms with van der Waals surface area (Å²) in [6.45, 7) is 8.26. The van der Waals surface area contributed by atoms with Crippen LogP contribution in [0.2, 0.25) is 0 Å². The number of carbonyl (C=O) groups excluding carboxylic acids is 1. The lowest BCUT2D eigenvalue weighted by atomic mass is 10.1. The molecule has 1 aromatic heterocycles. The Morgan fingerprint density at radius 3 is 2.33 bits per heavy atom. The van der Waals surface area contributed by atoms with Crippen molar-refractivity contribution in [3.05, 3.63) is 64.8 Å². The van der Waals surface area contributed by atoms with Crippen LogP contribution in [-0.4, -0.2) is 27.9 Å². The van der Waals surface area contributed by atoms with E-state index < -0.39 is 0 Å². The van der Waals surface area contributed by atoms with Crippen LogP contribution >= 0.6 is 11.9 Å². The van der Waals surface area contributed by atoms with E-state index in [-0.39, 0.29) is 5.91 Å². The third-order valence-corrected chi connectivity index (χ3v) is 6.68. The molecular weight excluding hydrogens is 352 g/mol. The number of fused-ring (bicyclic) bond motifs is 1. The zero-order valence-corrected chi connectivity index (χ0v) is 17.1. The van der Waals surface area contributed by atoms with Gasteiger partial charge in [0.15, 0.2) is 0 Å². The second-order valence-electron chi connectivity index (χ2n) is 7.59. The van der Waals surface area contributed by atoms with E-state index in [2.05, 4.69) is 55.2 Å². The molecule has 0 saturated carbocycles. The summed E-state index contributed by atoms with van der Waals surface area (Å²) in [6, 6.07) is 12.7. The Bertz CT molecular complexity index is 976. The molecule has 3 nitrogen and oxygen atoms in total. The van der Waals surface area contributed by atoms with E-state index in [0.29, 0.717) is 0 Å². The Labute approximate surface area is 165 Å². The van der Waals surface area contributed by atoms with Crippen LogP contribution in [0.15, 0.2) is 47.5 Å². The van der Waals surface area contributed by atoms with Gasteiger partial charge in [0.1, 0.15) is 0 Å². The predicted octanol–water partition coefficient (Wildman–Crippen LogP) is 5.75. The molecule has 0 aliphatic carbocycles. The number of nitrogens with zero attached hydrogens (tertiary/aromatic N) is 2. The third kappa shape index (κ3) is 3.63. The number of aromatic nitrogens is 1. The van der Waals surface area contributed by atoms with Gasteiger partial charge in [-0.2, -0.15) is 0 Å². The lowest BCUT2D eigenvalue weighted by molar-refractivity contribution is 0.0724. The Morgan fingerprint density at radius 2 is 1.63 bits per heavy atom. The van der Waals surface area contributed by atoms with E-state index in [4.69, 9.17) is 0 Å². The van der Waals surface area contributed by atoms with Crippen molar-refractivity contribution in [1.29, 1.82) is 0 Å². The number of hydrogen-bond donors (Lipinski definition) is 0. The molecule has 2 heterocycles. The van der Waals surface area contributed by atoms with E-state index in [1.165, 1.54) is 28.0 Å². The lowest BCUT2D eigenvalue weighted by Crippen LogP contribution is -2.35. The molecule has 1 amide bonds. The maximum absolute atomic E-state index is 12.8. The van der Waals surface area contributed by atoms with Gasteiger partial charge in [-0.15, -0.1) is 0 Å². The van der Waals surface area contributed by atoms with Crippen molar-refractivity contribution in [2.24, 2.45) is 0 Å². The molecule has 4 rings (SSSR count). The summed E-state index contributed by atoms with van der Waals surface area (Å²) < 4.78 is 2.20. The van der Waals surface area contributed by atoms with Crippen molar-refractivity contribution in [2.75, 3.05) is 13.1 Å². The number of amides is 1. The van der Waals surface area contributed by atoms with Gasteiger partial charge in [-0.1, -0.05) is 17.7 Å². The molecule has 140 valence electrons. The van der Waals surface area contributed by atoms with Crippen molar-refractivity contribution >= 4 is 28.8 Å². The highest BCUT2D eigenvalue weighted by Crippen LogP contribution is 2.32. The van der Waals surface area contributed by atoms with Gasteiger partial charge in [-0.25, -0.2) is 0 Å². The molecule has 0 unspecified atom stereocenters. The Balaban J connectivity index is 1.62. The van der Waals surface area contributed by atoms with Crippen molar-refractivity contribution in [2.45, 2.75) is 44.9 Å². The average Bonchev–Trinajstić information content (AvgIpc) is 3.07. The molecule has 2 aromatic carbocycles. The highest BCUT2D eigenvalue weighted by Gasteiger charge is 2.19. The Morgan fingerprint density at radius 1 is 0.926 bits per heavy atom. The predicted molar refractivity (Wildman–Crippen MR) is 114 cm³/mol. The van der Waals surface area contributed by atoms with Gasteiger partial charge in [-0.3, -0.25) is 8.77 Å². The van der Waals surface area contributed by atoms with Gasteiger partial charge in [0.05, 0.1) is 5.52 Å². The van der Waals surface area contributed by atoms with Gasteiger partial charge in [0.25, 0.3) is 5.91 Å². The summed E-state index contributed by atoms with van der Waals surface area (Å²) in [6.07, 6.45) is 5.58. The number of aryl methyl sites for hydroxylation is 3. The first kappa shape index (κ1) is 18.2. The summed E-state index contributed by atoms with van der Waals surface area (Å²) in [5, 5.41) is 1.12. The van der Waals surface area contributed by atoms with Crippen LogP contribution in [0.5, 0.6) is 0 Å². The van der Waals surface area contributed by atoms with Gasteiger partial charge in [0.2, 0.25) is 0 Å². The highest BCUT2D eigenvalue weighted by molar-refractivity contribution is 7.98. The second-order valence-corrected chi connectivity index (χ2v) is 8.57. The highest BCUT2D eigenvalue weighted by atomic mass is 32.2. The normalized spacial score (nSPS) is 14.7. The van der Waals surface area contributed by atoms with Crippen LogP contribution in [-0.2, 0) is 0 Å². The fraction of sp³-hybridized carbons (Fsp3) is 0.348. The van der Waals surface area contributed by atoms with E-state index in [1.54, 1.807) is 11.9 Å². The van der Waals surface area contributed by atoms with Crippen LogP contribution in [0.4, 0.5) is 0 Å². The quantitative estimate of drug-likeness (QED) is 0.580. The van der Waals surface area contributed by atoms with Crippen LogP contribution in [0.1, 0.15) is 46.3 Å².